The number of hydrogen-bond acceptors (Lipinski definition) is 9. The van der Waals surface area contributed by atoms with Crippen molar-refractivity contribution in [2.75, 3.05) is 59.4 Å². The van der Waals surface area contributed by atoms with Gasteiger partial charge in [0.2, 0.25) is 5.91 Å². The van der Waals surface area contributed by atoms with Gasteiger partial charge in [-0.2, -0.15) is 0 Å². The fraction of sp³-hybridized carbons (Fsp3) is 0.875. The molecule has 0 aromatic rings. The first-order chi connectivity index (χ1) is 24.7. The SMILES string of the molecule is CCCCCCCCCCCCCCCCCC(=O)C[C@@H](CCC(=O)NCCOCCOCC(=O)CCCOCCOCC(=O)C(C)C)C(=O)O. The second-order valence-electron chi connectivity index (χ2n) is 14.0. The molecule has 1 amide bonds. The Morgan fingerprint density at radius 3 is 1.59 bits per heavy atom. The highest BCUT2D eigenvalue weighted by Crippen LogP contribution is 2.17. The number of carboxylic acids is 1. The molecule has 2 N–H and O–H groups in total. The van der Waals surface area contributed by atoms with Crippen LogP contribution in [0.25, 0.3) is 0 Å². The Kier molecular flexibility index (Phi) is 34.6. The first kappa shape index (κ1) is 48.8. The molecule has 0 saturated heterocycles. The maximum absolute atomic E-state index is 12.4. The minimum absolute atomic E-state index is 0.00670. The van der Waals surface area contributed by atoms with E-state index in [1.807, 2.05) is 13.8 Å². The van der Waals surface area contributed by atoms with Gasteiger partial charge in [-0.15, -0.1) is 0 Å². The zero-order chi connectivity index (χ0) is 37.8. The molecule has 0 aliphatic heterocycles. The molecule has 0 rings (SSSR count). The van der Waals surface area contributed by atoms with Crippen molar-refractivity contribution in [1.82, 2.24) is 5.32 Å². The summed E-state index contributed by atoms with van der Waals surface area (Å²) in [4.78, 5) is 59.6. The summed E-state index contributed by atoms with van der Waals surface area (Å²) in [5, 5.41) is 12.3. The van der Waals surface area contributed by atoms with E-state index in [1.54, 1.807) is 0 Å². The number of aliphatic carboxylic acids is 1. The van der Waals surface area contributed by atoms with Crippen molar-refractivity contribution in [3.05, 3.63) is 0 Å². The Bertz CT molecular complexity index is 894. The van der Waals surface area contributed by atoms with Crippen molar-refractivity contribution < 1.29 is 48.0 Å². The molecule has 0 fully saturated rings. The average molecular weight is 728 g/mol. The quantitative estimate of drug-likeness (QED) is 0.0609. The zero-order valence-corrected chi connectivity index (χ0v) is 32.5. The van der Waals surface area contributed by atoms with Crippen LogP contribution in [0, 0.1) is 11.8 Å². The van der Waals surface area contributed by atoms with Gasteiger partial charge in [0.05, 0.1) is 39.0 Å². The van der Waals surface area contributed by atoms with E-state index < -0.39 is 11.9 Å². The Morgan fingerprint density at radius 2 is 1.04 bits per heavy atom. The molecule has 0 bridgehead atoms. The van der Waals surface area contributed by atoms with Crippen molar-refractivity contribution in [3.8, 4) is 0 Å². The number of Topliss-reactive ketones (excluding diaryl/α,β-unsaturated/α-hetero) is 3. The minimum Gasteiger partial charge on any atom is -0.481 e. The molecule has 0 aliphatic carbocycles. The molecule has 0 saturated carbocycles. The van der Waals surface area contributed by atoms with E-state index in [-0.39, 0.29) is 88.0 Å². The van der Waals surface area contributed by atoms with E-state index in [0.717, 1.165) is 19.3 Å². The summed E-state index contributed by atoms with van der Waals surface area (Å²) in [5.41, 5.74) is 0. The number of unbranched alkanes of at least 4 members (excludes halogenated alkanes) is 14. The van der Waals surface area contributed by atoms with Crippen LogP contribution in [-0.4, -0.2) is 93.7 Å². The fourth-order valence-electron chi connectivity index (χ4n) is 5.45. The number of carboxylic acid groups (broad SMARTS) is 1. The molecule has 11 heteroatoms. The van der Waals surface area contributed by atoms with Crippen LogP contribution in [0.2, 0.25) is 0 Å². The Labute approximate surface area is 309 Å². The predicted octanol–water partition coefficient (Wildman–Crippen LogP) is 7.45. The lowest BCUT2D eigenvalue weighted by atomic mass is 9.94. The van der Waals surface area contributed by atoms with Gasteiger partial charge in [0.15, 0.2) is 11.6 Å². The normalized spacial score (nSPS) is 11.9. The van der Waals surface area contributed by atoms with E-state index in [2.05, 4.69) is 12.2 Å². The monoisotopic (exact) mass is 728 g/mol. The fourth-order valence-corrected chi connectivity index (χ4v) is 5.45. The predicted molar refractivity (Wildman–Crippen MR) is 200 cm³/mol. The molecule has 1 atom stereocenters. The van der Waals surface area contributed by atoms with E-state index >= 15 is 0 Å². The van der Waals surface area contributed by atoms with Crippen LogP contribution in [0.4, 0.5) is 0 Å². The lowest BCUT2D eigenvalue weighted by molar-refractivity contribution is -0.144. The third-order valence-electron chi connectivity index (χ3n) is 8.81. The number of carbonyl (C=O) groups is 5. The van der Waals surface area contributed by atoms with Gasteiger partial charge in [-0.3, -0.25) is 24.0 Å². The molecular formula is C40H73NO10. The molecule has 298 valence electrons. The molecule has 0 spiro atoms. The molecule has 0 aromatic carbocycles. The smallest absolute Gasteiger partial charge is 0.306 e. The average Bonchev–Trinajstić information content (AvgIpc) is 3.10. The van der Waals surface area contributed by atoms with E-state index in [0.29, 0.717) is 39.1 Å². The zero-order valence-electron chi connectivity index (χ0n) is 32.5. The van der Waals surface area contributed by atoms with Crippen LogP contribution in [0.3, 0.4) is 0 Å². The maximum Gasteiger partial charge on any atom is 0.306 e. The van der Waals surface area contributed by atoms with Gasteiger partial charge in [-0.25, -0.2) is 0 Å². The van der Waals surface area contributed by atoms with Crippen LogP contribution >= 0.6 is 0 Å². The number of rotatable bonds is 40. The first-order valence-electron chi connectivity index (χ1n) is 20.0. The minimum atomic E-state index is -1.04. The molecule has 0 aromatic heterocycles. The second-order valence-corrected chi connectivity index (χ2v) is 14.0. The van der Waals surface area contributed by atoms with Crippen LogP contribution < -0.4 is 5.32 Å². The number of amides is 1. The third kappa shape index (κ3) is 34.6. The standard InChI is InChI=1S/C40H73NO10/c1-4-5-6-7-8-9-10-11-12-13-14-15-16-17-18-20-36(42)31-35(40(46)47)22-23-39(45)41-24-26-49-28-29-50-32-37(43)21-19-25-48-27-30-51-33-38(44)34(2)3/h34-35H,4-33H2,1-3H3,(H,41,45)(H,46,47)/t35-/m1/s1. The van der Waals surface area contributed by atoms with Gasteiger partial charge in [0.1, 0.15) is 19.0 Å². The lowest BCUT2D eigenvalue weighted by Crippen LogP contribution is -2.29. The molecule has 51 heavy (non-hydrogen) atoms. The van der Waals surface area contributed by atoms with Crippen LogP contribution in [-0.2, 0) is 42.9 Å². The van der Waals surface area contributed by atoms with Crippen molar-refractivity contribution in [1.29, 1.82) is 0 Å². The van der Waals surface area contributed by atoms with E-state index in [1.165, 1.54) is 77.0 Å². The number of nitrogens with one attached hydrogen (secondary N) is 1. The summed E-state index contributed by atoms with van der Waals surface area (Å²) in [6.07, 6.45) is 20.3. The van der Waals surface area contributed by atoms with Crippen LogP contribution in [0.5, 0.6) is 0 Å². The number of ketones is 3. The Balaban J connectivity index is 3.67. The van der Waals surface area contributed by atoms with Gasteiger partial charge in [-0.05, 0) is 19.3 Å². The summed E-state index contributed by atoms with van der Waals surface area (Å²) in [6.45, 7) is 8.18. The summed E-state index contributed by atoms with van der Waals surface area (Å²) >= 11 is 0. The Hall–Kier alpha value is -2.21. The van der Waals surface area contributed by atoms with Gasteiger partial charge < -0.3 is 29.4 Å². The number of carbonyl (C=O) groups excluding carboxylic acids is 4. The molecule has 0 unspecified atom stereocenters. The van der Waals surface area contributed by atoms with Crippen molar-refractivity contribution in [2.45, 2.75) is 156 Å². The van der Waals surface area contributed by atoms with Gasteiger partial charge in [-0.1, -0.05) is 111 Å². The summed E-state index contributed by atoms with van der Waals surface area (Å²) in [5.74, 6) is -2.23. The van der Waals surface area contributed by atoms with E-state index in [4.69, 9.17) is 18.9 Å². The summed E-state index contributed by atoms with van der Waals surface area (Å²) in [6, 6.07) is 0. The van der Waals surface area contributed by atoms with Crippen LogP contribution in [0.15, 0.2) is 0 Å². The van der Waals surface area contributed by atoms with Gasteiger partial charge >= 0.3 is 5.97 Å². The highest BCUT2D eigenvalue weighted by Gasteiger charge is 2.22. The summed E-state index contributed by atoms with van der Waals surface area (Å²) in [7, 11) is 0. The van der Waals surface area contributed by atoms with Gasteiger partial charge in [0, 0.05) is 44.8 Å². The third-order valence-corrected chi connectivity index (χ3v) is 8.81. The highest BCUT2D eigenvalue weighted by molar-refractivity contribution is 5.84. The van der Waals surface area contributed by atoms with Crippen molar-refractivity contribution in [2.24, 2.45) is 11.8 Å². The lowest BCUT2D eigenvalue weighted by Gasteiger charge is -2.12. The number of hydrogen-bond donors (Lipinski definition) is 2. The molecular weight excluding hydrogens is 654 g/mol. The molecule has 0 radical (unpaired) electrons. The second kappa shape index (κ2) is 36.2. The topological polar surface area (TPSA) is 155 Å². The van der Waals surface area contributed by atoms with Crippen LogP contribution in [0.1, 0.15) is 156 Å². The maximum atomic E-state index is 12.4. The Morgan fingerprint density at radius 1 is 0.549 bits per heavy atom. The molecule has 0 aliphatic rings. The largest absolute Gasteiger partial charge is 0.481 e. The first-order valence-corrected chi connectivity index (χ1v) is 20.0. The van der Waals surface area contributed by atoms with Crippen molar-refractivity contribution in [3.63, 3.8) is 0 Å². The highest BCUT2D eigenvalue weighted by atomic mass is 16.5. The molecule has 11 nitrogen and oxygen atoms in total. The van der Waals surface area contributed by atoms with Gasteiger partial charge in [0.25, 0.3) is 0 Å². The number of ether oxygens (including phenoxy) is 4. The van der Waals surface area contributed by atoms with Crippen molar-refractivity contribution >= 4 is 29.2 Å². The van der Waals surface area contributed by atoms with E-state index in [9.17, 15) is 29.1 Å². The molecule has 0 heterocycles. The summed E-state index contributed by atoms with van der Waals surface area (Å²) < 4.78 is 21.4.